The Bertz CT molecular complexity index is 1210. The zero-order chi connectivity index (χ0) is 21.4. The van der Waals surface area contributed by atoms with Crippen molar-refractivity contribution in [3.05, 3.63) is 94.5 Å². The van der Waals surface area contributed by atoms with Gasteiger partial charge < -0.3 is 14.7 Å². The topological polar surface area (TPSA) is 61.3 Å². The first-order valence-corrected chi connectivity index (χ1v) is 10.9. The number of nitrogens with zero attached hydrogens (tertiary/aromatic N) is 1. The van der Waals surface area contributed by atoms with Crippen LogP contribution in [-0.2, 0) is 11.3 Å². The molecule has 4 aromatic rings. The summed E-state index contributed by atoms with van der Waals surface area (Å²) < 4.78 is 5.32. The quantitative estimate of drug-likeness (QED) is 0.452. The van der Waals surface area contributed by atoms with Crippen molar-refractivity contribution in [3.8, 4) is 0 Å². The van der Waals surface area contributed by atoms with Crippen LogP contribution in [-0.4, -0.2) is 28.9 Å². The van der Waals surface area contributed by atoms with Gasteiger partial charge in [-0.2, -0.15) is 0 Å². The molecule has 6 heteroatoms. The number of carbonyl (C=O) groups excluding carboxylic acids is 1. The third-order valence-electron chi connectivity index (χ3n) is 6.18. The Kier molecular flexibility index (Phi) is 5.30. The SMILES string of the molecule is CC1c2[nH]c3ccccc3c2C(c2ccccc2Cl)CN1CC(=O)NCc1ccco1. The third-order valence-corrected chi connectivity index (χ3v) is 6.52. The Labute approximate surface area is 186 Å². The van der Waals surface area contributed by atoms with Crippen LogP contribution in [0, 0.1) is 0 Å². The summed E-state index contributed by atoms with van der Waals surface area (Å²) >= 11 is 6.62. The second-order valence-electron chi connectivity index (χ2n) is 8.03. The highest BCUT2D eigenvalue weighted by atomic mass is 35.5. The first-order valence-electron chi connectivity index (χ1n) is 10.5. The predicted octanol–water partition coefficient (Wildman–Crippen LogP) is 5.24. The third kappa shape index (κ3) is 3.75. The molecule has 2 aromatic heterocycles. The lowest BCUT2D eigenvalue weighted by Crippen LogP contribution is -2.43. The van der Waals surface area contributed by atoms with Gasteiger partial charge in [-0.25, -0.2) is 0 Å². The molecule has 0 bridgehead atoms. The second-order valence-corrected chi connectivity index (χ2v) is 8.44. The fourth-order valence-corrected chi connectivity index (χ4v) is 4.88. The van der Waals surface area contributed by atoms with Crippen LogP contribution in [0.15, 0.2) is 71.3 Å². The predicted molar refractivity (Wildman–Crippen MR) is 122 cm³/mol. The molecular formula is C25H24ClN3O2. The largest absolute Gasteiger partial charge is 0.467 e. The Balaban J connectivity index is 1.48. The Hall–Kier alpha value is -3.02. The number of aromatic nitrogens is 1. The van der Waals surface area contributed by atoms with Gasteiger partial charge in [0, 0.05) is 40.1 Å². The van der Waals surface area contributed by atoms with Gasteiger partial charge in [0.1, 0.15) is 5.76 Å². The van der Waals surface area contributed by atoms with Gasteiger partial charge in [-0.15, -0.1) is 0 Å². The van der Waals surface area contributed by atoms with Crippen molar-refractivity contribution in [2.75, 3.05) is 13.1 Å². The fourth-order valence-electron chi connectivity index (χ4n) is 4.61. The van der Waals surface area contributed by atoms with Crippen molar-refractivity contribution in [2.45, 2.75) is 25.4 Å². The number of furan rings is 1. The molecule has 31 heavy (non-hydrogen) atoms. The minimum absolute atomic E-state index is 0.0271. The maximum atomic E-state index is 12.7. The van der Waals surface area contributed by atoms with E-state index >= 15 is 0 Å². The standard InChI is InChI=1S/C25H24ClN3O2/c1-16-25-24(19-9-3-5-11-22(19)28-25)20(18-8-2-4-10-21(18)26)14-29(16)15-23(30)27-13-17-7-6-12-31-17/h2-12,16,20,28H,13-15H2,1H3,(H,27,30). The molecule has 2 unspecified atom stereocenters. The maximum absolute atomic E-state index is 12.7. The summed E-state index contributed by atoms with van der Waals surface area (Å²) in [6, 6.07) is 20.1. The zero-order valence-electron chi connectivity index (χ0n) is 17.3. The first kappa shape index (κ1) is 19.9. The summed E-state index contributed by atoms with van der Waals surface area (Å²) in [4.78, 5) is 18.5. The second kappa shape index (κ2) is 8.25. The van der Waals surface area contributed by atoms with Gasteiger partial charge in [-0.1, -0.05) is 48.0 Å². The molecule has 1 amide bonds. The average Bonchev–Trinajstić information content (AvgIpc) is 3.43. The van der Waals surface area contributed by atoms with Crippen molar-refractivity contribution < 1.29 is 9.21 Å². The van der Waals surface area contributed by atoms with E-state index in [0.717, 1.165) is 27.6 Å². The number of fused-ring (bicyclic) bond motifs is 3. The fraction of sp³-hybridized carbons (Fsp3) is 0.240. The van der Waals surface area contributed by atoms with Gasteiger partial charge in [0.25, 0.3) is 0 Å². The summed E-state index contributed by atoms with van der Waals surface area (Å²) in [6.45, 7) is 3.56. The normalized spacial score (nSPS) is 18.8. The lowest BCUT2D eigenvalue weighted by molar-refractivity contribution is -0.123. The van der Waals surface area contributed by atoms with Crippen LogP contribution >= 0.6 is 11.6 Å². The highest BCUT2D eigenvalue weighted by Crippen LogP contribution is 2.44. The minimum atomic E-state index is -0.0271. The molecule has 0 spiro atoms. The van der Waals surface area contributed by atoms with Gasteiger partial charge in [0.05, 0.1) is 19.4 Å². The molecular weight excluding hydrogens is 410 g/mol. The number of amides is 1. The number of para-hydroxylation sites is 1. The van der Waals surface area contributed by atoms with E-state index in [4.69, 9.17) is 16.0 Å². The molecule has 5 nitrogen and oxygen atoms in total. The van der Waals surface area contributed by atoms with Crippen LogP contribution < -0.4 is 5.32 Å². The van der Waals surface area contributed by atoms with Gasteiger partial charge in [-0.05, 0) is 42.3 Å². The molecule has 5 rings (SSSR count). The number of H-pyrrole nitrogens is 1. The zero-order valence-corrected chi connectivity index (χ0v) is 18.0. The smallest absolute Gasteiger partial charge is 0.234 e. The van der Waals surface area contributed by atoms with Gasteiger partial charge in [-0.3, -0.25) is 9.69 Å². The van der Waals surface area contributed by atoms with Crippen molar-refractivity contribution >= 4 is 28.4 Å². The van der Waals surface area contributed by atoms with Crippen molar-refractivity contribution in [2.24, 2.45) is 0 Å². The molecule has 1 aliphatic rings. The van der Waals surface area contributed by atoms with Crippen molar-refractivity contribution in [3.63, 3.8) is 0 Å². The summed E-state index contributed by atoms with van der Waals surface area (Å²) in [5.41, 5.74) is 4.63. The average molecular weight is 434 g/mol. The van der Waals surface area contributed by atoms with Crippen LogP contribution in [0.3, 0.4) is 0 Å². The molecule has 2 N–H and O–H groups in total. The number of benzene rings is 2. The van der Waals surface area contributed by atoms with E-state index in [0.29, 0.717) is 19.6 Å². The van der Waals surface area contributed by atoms with Gasteiger partial charge in [0.2, 0.25) is 5.91 Å². The van der Waals surface area contributed by atoms with Crippen LogP contribution in [0.25, 0.3) is 10.9 Å². The van der Waals surface area contributed by atoms with E-state index in [2.05, 4.69) is 46.4 Å². The van der Waals surface area contributed by atoms with Crippen LogP contribution in [0.2, 0.25) is 5.02 Å². The Morgan fingerprint density at radius 1 is 1.16 bits per heavy atom. The highest BCUT2D eigenvalue weighted by Gasteiger charge is 2.36. The molecule has 1 aliphatic heterocycles. The van der Waals surface area contributed by atoms with Gasteiger partial charge >= 0.3 is 0 Å². The van der Waals surface area contributed by atoms with E-state index in [1.807, 2.05) is 36.4 Å². The number of hydrogen-bond acceptors (Lipinski definition) is 3. The lowest BCUT2D eigenvalue weighted by atomic mass is 9.83. The molecule has 0 saturated heterocycles. The van der Waals surface area contributed by atoms with E-state index in [1.165, 1.54) is 10.9 Å². The molecule has 0 radical (unpaired) electrons. The number of halogens is 1. The minimum Gasteiger partial charge on any atom is -0.467 e. The van der Waals surface area contributed by atoms with Crippen molar-refractivity contribution in [1.82, 2.24) is 15.2 Å². The number of nitrogens with one attached hydrogen (secondary N) is 2. The number of aromatic amines is 1. The van der Waals surface area contributed by atoms with Crippen molar-refractivity contribution in [1.29, 1.82) is 0 Å². The summed E-state index contributed by atoms with van der Waals surface area (Å²) in [5, 5.41) is 4.93. The van der Waals surface area contributed by atoms with Crippen LogP contribution in [0.5, 0.6) is 0 Å². The summed E-state index contributed by atoms with van der Waals surface area (Å²) in [7, 11) is 0. The van der Waals surface area contributed by atoms with E-state index in [9.17, 15) is 4.79 Å². The lowest BCUT2D eigenvalue weighted by Gasteiger charge is -2.38. The number of rotatable bonds is 5. The Morgan fingerprint density at radius 3 is 2.77 bits per heavy atom. The molecule has 2 aromatic carbocycles. The molecule has 3 heterocycles. The van der Waals surface area contributed by atoms with Crippen LogP contribution in [0.1, 0.15) is 41.5 Å². The summed E-state index contributed by atoms with van der Waals surface area (Å²) in [5.74, 6) is 0.793. The molecule has 2 atom stereocenters. The van der Waals surface area contributed by atoms with E-state index in [-0.39, 0.29) is 17.9 Å². The summed E-state index contributed by atoms with van der Waals surface area (Å²) in [6.07, 6.45) is 1.61. The number of carbonyl (C=O) groups is 1. The molecule has 0 fully saturated rings. The van der Waals surface area contributed by atoms with E-state index < -0.39 is 0 Å². The molecule has 158 valence electrons. The first-order chi connectivity index (χ1) is 15.1. The maximum Gasteiger partial charge on any atom is 0.234 e. The van der Waals surface area contributed by atoms with Gasteiger partial charge in [0.15, 0.2) is 0 Å². The molecule has 0 aliphatic carbocycles. The van der Waals surface area contributed by atoms with Crippen LogP contribution in [0.4, 0.5) is 0 Å². The Morgan fingerprint density at radius 2 is 1.97 bits per heavy atom. The highest BCUT2D eigenvalue weighted by molar-refractivity contribution is 6.31. The van der Waals surface area contributed by atoms with E-state index in [1.54, 1.807) is 6.26 Å². The molecule has 0 saturated carbocycles. The monoisotopic (exact) mass is 433 g/mol. The number of hydrogen-bond donors (Lipinski definition) is 2.